The first-order chi connectivity index (χ1) is 11.5. The van der Waals surface area contributed by atoms with Gasteiger partial charge in [0.25, 0.3) is 0 Å². The molecule has 126 valence electrons. The third-order valence-electron chi connectivity index (χ3n) is 4.16. The van der Waals surface area contributed by atoms with Crippen LogP contribution >= 0.6 is 0 Å². The van der Waals surface area contributed by atoms with Gasteiger partial charge in [-0.15, -0.1) is 0 Å². The van der Waals surface area contributed by atoms with Gasteiger partial charge in [0.05, 0.1) is 6.04 Å². The van der Waals surface area contributed by atoms with E-state index in [0.717, 1.165) is 11.5 Å². The Balaban J connectivity index is 1.85. The van der Waals surface area contributed by atoms with Gasteiger partial charge in [0.1, 0.15) is 11.6 Å². The Morgan fingerprint density at radius 1 is 1.33 bits per heavy atom. The van der Waals surface area contributed by atoms with Gasteiger partial charge in [-0.05, 0) is 24.1 Å². The number of pyridine rings is 1. The molecule has 0 amide bonds. The molecule has 0 fully saturated rings. The van der Waals surface area contributed by atoms with Crippen LogP contribution in [-0.2, 0) is 13.6 Å². The summed E-state index contributed by atoms with van der Waals surface area (Å²) in [5.74, 6) is 0.885. The van der Waals surface area contributed by atoms with Crippen LogP contribution in [-0.4, -0.2) is 14.5 Å². The number of H-pyrrole nitrogens is 1. The zero-order valence-electron chi connectivity index (χ0n) is 14.0. The second-order valence-electron chi connectivity index (χ2n) is 6.35. The predicted octanol–water partition coefficient (Wildman–Crippen LogP) is 2.89. The smallest absolute Gasteiger partial charge is 0.189 e. The number of rotatable bonds is 5. The van der Waals surface area contributed by atoms with Crippen LogP contribution in [0, 0.1) is 11.7 Å². The number of hydrogen-bond acceptors (Lipinski definition) is 3. The lowest BCUT2D eigenvalue weighted by Gasteiger charge is -2.22. The van der Waals surface area contributed by atoms with Crippen LogP contribution in [0.25, 0.3) is 10.9 Å². The van der Waals surface area contributed by atoms with Crippen molar-refractivity contribution < 1.29 is 4.39 Å². The van der Waals surface area contributed by atoms with E-state index < -0.39 is 5.82 Å². The van der Waals surface area contributed by atoms with Crippen LogP contribution in [0.4, 0.5) is 4.39 Å². The molecule has 2 heterocycles. The van der Waals surface area contributed by atoms with Crippen LogP contribution in [0.2, 0.25) is 0 Å². The van der Waals surface area contributed by atoms with Crippen LogP contribution in [0.5, 0.6) is 0 Å². The van der Waals surface area contributed by atoms with Gasteiger partial charge in [-0.25, -0.2) is 9.37 Å². The maximum absolute atomic E-state index is 13.3. The van der Waals surface area contributed by atoms with Crippen molar-refractivity contribution in [2.75, 3.05) is 0 Å². The molecule has 2 N–H and O–H groups in total. The van der Waals surface area contributed by atoms with Gasteiger partial charge in [0, 0.05) is 48.6 Å². The van der Waals surface area contributed by atoms with Crippen LogP contribution < -0.4 is 10.7 Å². The molecule has 0 aliphatic carbocycles. The van der Waals surface area contributed by atoms with E-state index in [4.69, 9.17) is 0 Å². The molecule has 3 aromatic rings. The number of hydrogen-bond donors (Lipinski definition) is 2. The van der Waals surface area contributed by atoms with Crippen molar-refractivity contribution in [3.8, 4) is 0 Å². The molecule has 2 aromatic heterocycles. The van der Waals surface area contributed by atoms with Gasteiger partial charge in [-0.3, -0.25) is 4.79 Å². The molecular formula is C18H21FN4O. The third kappa shape index (κ3) is 3.23. The Morgan fingerprint density at radius 3 is 2.79 bits per heavy atom. The molecule has 24 heavy (non-hydrogen) atoms. The summed E-state index contributed by atoms with van der Waals surface area (Å²) in [6.07, 6.45) is 3.69. The van der Waals surface area contributed by atoms with Gasteiger partial charge >= 0.3 is 0 Å². The second kappa shape index (κ2) is 6.57. The largest absolute Gasteiger partial charge is 0.357 e. The third-order valence-corrected chi connectivity index (χ3v) is 4.16. The van der Waals surface area contributed by atoms with E-state index in [1.54, 1.807) is 12.3 Å². The average Bonchev–Trinajstić information content (AvgIpc) is 2.94. The summed E-state index contributed by atoms with van der Waals surface area (Å²) >= 11 is 0. The summed E-state index contributed by atoms with van der Waals surface area (Å²) in [5.41, 5.74) is 1.22. The fourth-order valence-electron chi connectivity index (χ4n) is 2.89. The topological polar surface area (TPSA) is 62.7 Å². The lowest BCUT2D eigenvalue weighted by molar-refractivity contribution is 0.383. The molecule has 0 saturated heterocycles. The molecule has 1 aromatic carbocycles. The van der Waals surface area contributed by atoms with Crippen molar-refractivity contribution in [2.45, 2.75) is 26.4 Å². The number of halogens is 1. The first-order valence-corrected chi connectivity index (χ1v) is 7.98. The molecule has 0 radical (unpaired) electrons. The van der Waals surface area contributed by atoms with Crippen LogP contribution in [0.3, 0.4) is 0 Å². The van der Waals surface area contributed by atoms with E-state index >= 15 is 0 Å². The second-order valence-corrected chi connectivity index (χ2v) is 6.35. The first kappa shape index (κ1) is 16.4. The lowest BCUT2D eigenvalue weighted by atomic mass is 10.0. The molecule has 0 bridgehead atoms. The van der Waals surface area contributed by atoms with Crippen molar-refractivity contribution >= 4 is 10.9 Å². The van der Waals surface area contributed by atoms with E-state index in [-0.39, 0.29) is 11.5 Å². The van der Waals surface area contributed by atoms with Gasteiger partial charge in [-0.2, -0.15) is 0 Å². The molecule has 5 nitrogen and oxygen atoms in total. The molecular weight excluding hydrogens is 307 g/mol. The van der Waals surface area contributed by atoms with Crippen LogP contribution in [0.1, 0.15) is 31.4 Å². The molecule has 0 aliphatic heterocycles. The monoisotopic (exact) mass is 328 g/mol. The molecule has 0 aliphatic rings. The van der Waals surface area contributed by atoms with E-state index in [2.05, 4.69) is 29.1 Å². The van der Waals surface area contributed by atoms with Crippen molar-refractivity contribution in [1.82, 2.24) is 19.9 Å². The van der Waals surface area contributed by atoms with Gasteiger partial charge < -0.3 is 14.9 Å². The number of benzene rings is 1. The highest BCUT2D eigenvalue weighted by Gasteiger charge is 2.19. The van der Waals surface area contributed by atoms with Gasteiger partial charge in [-0.1, -0.05) is 13.8 Å². The fraction of sp³-hybridized carbons (Fsp3) is 0.333. The molecule has 1 atom stereocenters. The number of aryl methyl sites for hydroxylation is 1. The Kier molecular flexibility index (Phi) is 4.49. The number of aromatic amines is 1. The molecule has 0 saturated carbocycles. The summed E-state index contributed by atoms with van der Waals surface area (Å²) in [6.45, 7) is 4.74. The zero-order chi connectivity index (χ0) is 17.3. The maximum Gasteiger partial charge on any atom is 0.189 e. The zero-order valence-corrected chi connectivity index (χ0v) is 14.0. The Hall–Kier alpha value is -2.47. The summed E-state index contributed by atoms with van der Waals surface area (Å²) in [7, 11) is 1.96. The maximum atomic E-state index is 13.3. The number of aromatic nitrogens is 3. The number of fused-ring (bicyclic) bond motifs is 1. The number of imidazole rings is 1. The summed E-state index contributed by atoms with van der Waals surface area (Å²) in [4.78, 5) is 19.8. The van der Waals surface area contributed by atoms with E-state index in [9.17, 15) is 9.18 Å². The predicted molar refractivity (Wildman–Crippen MR) is 92.2 cm³/mol. The van der Waals surface area contributed by atoms with Gasteiger partial charge in [0.15, 0.2) is 5.43 Å². The Labute approximate surface area is 139 Å². The highest BCUT2D eigenvalue weighted by atomic mass is 19.1. The summed E-state index contributed by atoms with van der Waals surface area (Å²) < 4.78 is 15.3. The van der Waals surface area contributed by atoms with E-state index in [1.807, 2.05) is 17.8 Å². The standard InChI is InChI=1S/C18H21FN4O/c1-11(2)17(18-20-6-7-23(18)3)21-10-13-9-16(24)14-8-12(19)4-5-15(14)22-13/h4-9,11,17,21H,10H2,1-3H3,(H,22,24)/t17-/m0/s1. The van der Waals surface area contributed by atoms with Gasteiger partial charge in [0.2, 0.25) is 0 Å². The fourth-order valence-corrected chi connectivity index (χ4v) is 2.89. The quantitative estimate of drug-likeness (QED) is 0.757. The summed E-state index contributed by atoms with van der Waals surface area (Å²) in [5, 5.41) is 3.82. The number of nitrogens with zero attached hydrogens (tertiary/aromatic N) is 2. The highest BCUT2D eigenvalue weighted by Crippen LogP contribution is 2.20. The van der Waals surface area contributed by atoms with Crippen LogP contribution in [0.15, 0.2) is 41.5 Å². The van der Waals surface area contributed by atoms with Crippen molar-refractivity contribution in [3.63, 3.8) is 0 Å². The van der Waals surface area contributed by atoms with E-state index in [1.165, 1.54) is 18.2 Å². The normalized spacial score (nSPS) is 12.9. The minimum absolute atomic E-state index is 0.0671. The Bertz CT molecular complexity index is 913. The summed E-state index contributed by atoms with van der Waals surface area (Å²) in [6, 6.07) is 5.78. The van der Waals surface area contributed by atoms with Crippen molar-refractivity contribution in [1.29, 1.82) is 0 Å². The molecule has 3 rings (SSSR count). The minimum atomic E-state index is -0.409. The highest BCUT2D eigenvalue weighted by molar-refractivity contribution is 5.78. The Morgan fingerprint density at radius 2 is 2.12 bits per heavy atom. The van der Waals surface area contributed by atoms with Crippen molar-refractivity contribution in [2.24, 2.45) is 13.0 Å². The SMILES string of the molecule is CC(C)[C@H](NCc1cc(=O)c2cc(F)ccc2[nH]1)c1nccn1C. The number of nitrogens with one attached hydrogen (secondary N) is 2. The molecule has 0 unspecified atom stereocenters. The molecule has 6 heteroatoms. The lowest BCUT2D eigenvalue weighted by Crippen LogP contribution is -2.28. The van der Waals surface area contributed by atoms with Crippen molar-refractivity contribution in [3.05, 3.63) is 64.2 Å². The van der Waals surface area contributed by atoms with E-state index in [0.29, 0.717) is 23.4 Å². The minimum Gasteiger partial charge on any atom is -0.357 e. The molecule has 0 spiro atoms. The average molecular weight is 328 g/mol. The first-order valence-electron chi connectivity index (χ1n) is 7.98.